The molecule has 0 N–H and O–H groups in total. The Morgan fingerprint density at radius 1 is 1.43 bits per heavy atom. The van der Waals surface area contributed by atoms with Gasteiger partial charge in [-0.2, -0.15) is 0 Å². The van der Waals surface area contributed by atoms with Crippen molar-refractivity contribution in [1.29, 1.82) is 0 Å². The molecule has 6 heteroatoms. The molecule has 0 aliphatic carbocycles. The fourth-order valence-electron chi connectivity index (χ4n) is 2.47. The van der Waals surface area contributed by atoms with Crippen molar-refractivity contribution in [2.75, 3.05) is 19.7 Å². The van der Waals surface area contributed by atoms with Gasteiger partial charge in [-0.1, -0.05) is 23.9 Å². The fraction of sp³-hybridized carbons (Fsp3) is 0.412. The van der Waals surface area contributed by atoms with E-state index in [0.29, 0.717) is 19.7 Å². The number of aryl methyl sites for hydroxylation is 1. The van der Waals surface area contributed by atoms with Gasteiger partial charge in [-0.15, -0.1) is 11.3 Å². The van der Waals surface area contributed by atoms with Crippen LogP contribution in [0.4, 0.5) is 0 Å². The SMILES string of the molecule is Cc1csc(SCc2ccc(C(=O)N3CCOC(C)C3)cc2)n1. The number of carbonyl (C=O) groups is 1. The van der Waals surface area contributed by atoms with E-state index in [-0.39, 0.29) is 12.0 Å². The summed E-state index contributed by atoms with van der Waals surface area (Å²) >= 11 is 3.41. The second-order valence-corrected chi connectivity index (χ2v) is 7.75. The predicted octanol–water partition coefficient (Wildman–Crippen LogP) is 3.60. The van der Waals surface area contributed by atoms with E-state index in [4.69, 9.17) is 4.74 Å². The minimum Gasteiger partial charge on any atom is -0.375 e. The molecule has 1 saturated heterocycles. The number of thiazole rings is 1. The van der Waals surface area contributed by atoms with Crippen LogP contribution in [0.25, 0.3) is 0 Å². The first kappa shape index (κ1) is 16.5. The van der Waals surface area contributed by atoms with Crippen molar-refractivity contribution in [3.63, 3.8) is 0 Å². The molecule has 1 fully saturated rings. The number of nitrogens with zero attached hydrogens (tertiary/aromatic N) is 2. The lowest BCUT2D eigenvalue weighted by Gasteiger charge is -2.31. The van der Waals surface area contributed by atoms with E-state index in [1.165, 1.54) is 5.56 Å². The zero-order chi connectivity index (χ0) is 16.2. The lowest BCUT2D eigenvalue weighted by molar-refractivity contribution is -0.0124. The number of hydrogen-bond donors (Lipinski definition) is 0. The Balaban J connectivity index is 1.59. The molecule has 3 rings (SSSR count). The maximum Gasteiger partial charge on any atom is 0.254 e. The van der Waals surface area contributed by atoms with Gasteiger partial charge in [-0.3, -0.25) is 4.79 Å². The van der Waals surface area contributed by atoms with Gasteiger partial charge in [0.15, 0.2) is 0 Å². The maximum absolute atomic E-state index is 12.5. The molecule has 1 aliphatic heterocycles. The van der Waals surface area contributed by atoms with Crippen molar-refractivity contribution in [1.82, 2.24) is 9.88 Å². The summed E-state index contributed by atoms with van der Waals surface area (Å²) < 4.78 is 6.58. The number of amides is 1. The smallest absolute Gasteiger partial charge is 0.254 e. The normalized spacial score (nSPS) is 18.2. The van der Waals surface area contributed by atoms with Gasteiger partial charge in [0.2, 0.25) is 0 Å². The highest BCUT2D eigenvalue weighted by molar-refractivity contribution is 8.00. The quantitative estimate of drug-likeness (QED) is 0.792. The lowest BCUT2D eigenvalue weighted by Crippen LogP contribution is -2.44. The van der Waals surface area contributed by atoms with E-state index in [1.807, 2.05) is 43.0 Å². The summed E-state index contributed by atoms with van der Waals surface area (Å²) in [5, 5.41) is 2.06. The Kier molecular flexibility index (Phi) is 5.35. The molecule has 1 atom stereocenters. The number of thioether (sulfide) groups is 1. The van der Waals surface area contributed by atoms with Crippen molar-refractivity contribution < 1.29 is 9.53 Å². The largest absolute Gasteiger partial charge is 0.375 e. The van der Waals surface area contributed by atoms with Crippen molar-refractivity contribution in [2.45, 2.75) is 30.0 Å². The van der Waals surface area contributed by atoms with Crippen LogP contribution >= 0.6 is 23.1 Å². The lowest BCUT2D eigenvalue weighted by atomic mass is 10.1. The minimum atomic E-state index is 0.0925. The van der Waals surface area contributed by atoms with Crippen molar-refractivity contribution in [3.8, 4) is 0 Å². The molecule has 0 saturated carbocycles. The zero-order valence-electron chi connectivity index (χ0n) is 13.3. The Hall–Kier alpha value is -1.37. The number of ether oxygens (including phenoxy) is 1. The van der Waals surface area contributed by atoms with E-state index >= 15 is 0 Å². The molecular formula is C17H20N2O2S2. The van der Waals surface area contributed by atoms with E-state index in [9.17, 15) is 4.79 Å². The van der Waals surface area contributed by atoms with Gasteiger partial charge in [0.05, 0.1) is 12.7 Å². The molecule has 1 aliphatic rings. The summed E-state index contributed by atoms with van der Waals surface area (Å²) in [4.78, 5) is 18.8. The van der Waals surface area contributed by atoms with Crippen molar-refractivity contribution in [2.24, 2.45) is 0 Å². The first-order valence-electron chi connectivity index (χ1n) is 7.66. The highest BCUT2D eigenvalue weighted by atomic mass is 32.2. The molecule has 0 radical (unpaired) electrons. The van der Waals surface area contributed by atoms with Gasteiger partial charge < -0.3 is 9.64 Å². The summed E-state index contributed by atoms with van der Waals surface area (Å²) in [5.74, 6) is 0.964. The molecular weight excluding hydrogens is 328 g/mol. The first-order valence-corrected chi connectivity index (χ1v) is 9.53. The summed E-state index contributed by atoms with van der Waals surface area (Å²) in [7, 11) is 0. The number of aromatic nitrogens is 1. The zero-order valence-corrected chi connectivity index (χ0v) is 15.0. The van der Waals surface area contributed by atoms with Crippen LogP contribution in [0.5, 0.6) is 0 Å². The fourth-order valence-corrected chi connectivity index (χ4v) is 4.28. The van der Waals surface area contributed by atoms with Crippen LogP contribution in [0.2, 0.25) is 0 Å². The average Bonchev–Trinajstić information content (AvgIpc) is 2.98. The van der Waals surface area contributed by atoms with Gasteiger partial charge in [0.25, 0.3) is 5.91 Å². The van der Waals surface area contributed by atoms with Gasteiger partial charge in [-0.05, 0) is 31.5 Å². The first-order chi connectivity index (χ1) is 11.1. The third-order valence-corrected chi connectivity index (χ3v) is 5.90. The molecule has 1 amide bonds. The van der Waals surface area contributed by atoms with Crippen molar-refractivity contribution >= 4 is 29.0 Å². The third kappa shape index (κ3) is 4.34. The Bertz CT molecular complexity index is 669. The summed E-state index contributed by atoms with van der Waals surface area (Å²) in [6, 6.07) is 7.91. The number of benzene rings is 1. The van der Waals surface area contributed by atoms with Crippen LogP contribution in [0, 0.1) is 6.92 Å². The number of hydrogen-bond acceptors (Lipinski definition) is 5. The molecule has 2 aromatic rings. The molecule has 1 unspecified atom stereocenters. The predicted molar refractivity (Wildman–Crippen MR) is 94.2 cm³/mol. The molecule has 0 bridgehead atoms. The highest BCUT2D eigenvalue weighted by Gasteiger charge is 2.22. The average molecular weight is 348 g/mol. The monoisotopic (exact) mass is 348 g/mol. The molecule has 1 aromatic heterocycles. The second kappa shape index (κ2) is 7.47. The summed E-state index contributed by atoms with van der Waals surface area (Å²) in [6.45, 7) is 5.96. The standard InChI is InChI=1S/C17H20N2O2S2/c1-12-10-22-17(18-12)23-11-14-3-5-15(6-4-14)16(20)19-7-8-21-13(2)9-19/h3-6,10,13H,7-9,11H2,1-2H3. The van der Waals surface area contributed by atoms with Crippen LogP contribution in [0.3, 0.4) is 0 Å². The number of carbonyl (C=O) groups excluding carboxylic acids is 1. The van der Waals surface area contributed by atoms with Gasteiger partial charge >= 0.3 is 0 Å². The van der Waals surface area contributed by atoms with Gasteiger partial charge in [0.1, 0.15) is 4.34 Å². The van der Waals surface area contributed by atoms with Crippen LogP contribution in [0.1, 0.15) is 28.5 Å². The van der Waals surface area contributed by atoms with E-state index in [1.54, 1.807) is 23.1 Å². The van der Waals surface area contributed by atoms with Crippen LogP contribution < -0.4 is 0 Å². The van der Waals surface area contributed by atoms with Crippen LogP contribution in [0.15, 0.2) is 34.0 Å². The Morgan fingerprint density at radius 3 is 2.87 bits per heavy atom. The van der Waals surface area contributed by atoms with Crippen LogP contribution in [-0.2, 0) is 10.5 Å². The molecule has 0 spiro atoms. The minimum absolute atomic E-state index is 0.0925. The molecule has 1 aromatic carbocycles. The molecule has 4 nitrogen and oxygen atoms in total. The van der Waals surface area contributed by atoms with Crippen molar-refractivity contribution in [3.05, 3.63) is 46.5 Å². The summed E-state index contributed by atoms with van der Waals surface area (Å²) in [6.07, 6.45) is 0.116. The van der Waals surface area contributed by atoms with Gasteiger partial charge in [-0.25, -0.2) is 4.98 Å². The number of rotatable bonds is 4. The van der Waals surface area contributed by atoms with E-state index < -0.39 is 0 Å². The van der Waals surface area contributed by atoms with Gasteiger partial charge in [0, 0.05) is 35.5 Å². The topological polar surface area (TPSA) is 42.4 Å². The van der Waals surface area contributed by atoms with E-state index in [2.05, 4.69) is 10.4 Å². The maximum atomic E-state index is 12.5. The molecule has 122 valence electrons. The number of morpholine rings is 1. The molecule has 23 heavy (non-hydrogen) atoms. The highest BCUT2D eigenvalue weighted by Crippen LogP contribution is 2.26. The second-order valence-electron chi connectivity index (χ2n) is 5.67. The molecule has 2 heterocycles. The summed E-state index contributed by atoms with van der Waals surface area (Å²) in [5.41, 5.74) is 3.02. The Morgan fingerprint density at radius 2 is 2.22 bits per heavy atom. The third-order valence-electron chi connectivity index (χ3n) is 3.69. The van der Waals surface area contributed by atoms with Crippen LogP contribution in [-0.4, -0.2) is 41.6 Å². The Labute approximate surface area is 144 Å². The van der Waals surface area contributed by atoms with E-state index in [0.717, 1.165) is 21.3 Å².